The maximum absolute atomic E-state index is 6.44. The zero-order valence-corrected chi connectivity index (χ0v) is 18.5. The summed E-state index contributed by atoms with van der Waals surface area (Å²) >= 11 is 1.36. The lowest BCUT2D eigenvalue weighted by Gasteiger charge is -2.24. The molecule has 0 amide bonds. The van der Waals surface area contributed by atoms with Crippen molar-refractivity contribution in [1.82, 2.24) is 0 Å². The van der Waals surface area contributed by atoms with E-state index in [1.54, 1.807) is 7.11 Å². The molecule has 0 atom stereocenters. The Labute approximate surface area is 169 Å². The van der Waals surface area contributed by atoms with Gasteiger partial charge in [0.1, 0.15) is 11.5 Å². The molecule has 0 aliphatic carbocycles. The van der Waals surface area contributed by atoms with Crippen LogP contribution in [0.5, 0.6) is 11.5 Å². The molecule has 2 rings (SSSR count). The predicted molar refractivity (Wildman–Crippen MR) is 117 cm³/mol. The van der Waals surface area contributed by atoms with Crippen LogP contribution in [0.2, 0.25) is 0 Å². The number of ether oxygens (including phenoxy) is 1. The third-order valence-electron chi connectivity index (χ3n) is 4.65. The van der Waals surface area contributed by atoms with Crippen LogP contribution in [0.3, 0.4) is 0 Å². The molecule has 0 radical (unpaired) electrons. The first-order valence-electron chi connectivity index (χ1n) is 10.0. The van der Waals surface area contributed by atoms with Crippen molar-refractivity contribution in [1.29, 1.82) is 0 Å². The van der Waals surface area contributed by atoms with Crippen LogP contribution in [0.1, 0.15) is 70.6 Å². The highest BCUT2D eigenvalue weighted by Crippen LogP contribution is 2.36. The van der Waals surface area contributed by atoms with Gasteiger partial charge in [0.2, 0.25) is 0 Å². The van der Waals surface area contributed by atoms with Crippen molar-refractivity contribution >= 4 is 12.0 Å². The smallest absolute Gasteiger partial charge is 0.133 e. The summed E-state index contributed by atoms with van der Waals surface area (Å²) in [6, 6.07) is 12.8. The van der Waals surface area contributed by atoms with E-state index >= 15 is 0 Å². The largest absolute Gasteiger partial charge is 0.457 e. The molecule has 2 nitrogen and oxygen atoms in total. The van der Waals surface area contributed by atoms with Gasteiger partial charge in [0.05, 0.1) is 7.11 Å². The summed E-state index contributed by atoms with van der Waals surface area (Å²) in [5.74, 6) is 1.94. The molecule has 0 fully saturated rings. The van der Waals surface area contributed by atoms with Crippen LogP contribution < -0.4 is 4.74 Å². The summed E-state index contributed by atoms with van der Waals surface area (Å²) < 4.78 is 11.6. The number of unbranched alkanes of at least 4 members (excludes halogenated alkanes) is 1. The Morgan fingerprint density at radius 2 is 1.52 bits per heavy atom. The molecule has 0 saturated heterocycles. The predicted octanol–water partition coefficient (Wildman–Crippen LogP) is 7.73. The maximum Gasteiger partial charge on any atom is 0.133 e. The second-order valence-electron chi connectivity index (χ2n) is 8.05. The Kier molecular flexibility index (Phi) is 8.25. The monoisotopic (exact) mass is 386 g/mol. The first-order chi connectivity index (χ1) is 12.9. The molecule has 0 heterocycles. The fraction of sp³-hybridized carbons (Fsp3) is 0.500. The second kappa shape index (κ2) is 10.2. The highest BCUT2D eigenvalue weighted by Gasteiger charge is 2.20. The average Bonchev–Trinajstić information content (AvgIpc) is 2.63. The van der Waals surface area contributed by atoms with Gasteiger partial charge >= 0.3 is 0 Å². The van der Waals surface area contributed by atoms with Gasteiger partial charge in [-0.1, -0.05) is 59.6 Å². The molecule has 2 aromatic rings. The number of hydrogen-bond acceptors (Lipinski definition) is 3. The summed E-state index contributed by atoms with van der Waals surface area (Å²) in [6.07, 6.45) is 5.57. The molecule has 0 aliphatic heterocycles. The summed E-state index contributed by atoms with van der Waals surface area (Å²) in [7, 11) is 1.68. The summed E-state index contributed by atoms with van der Waals surface area (Å²) in [5.41, 5.74) is 4.20. The second-order valence-corrected chi connectivity index (χ2v) is 9.02. The quantitative estimate of drug-likeness (QED) is 0.411. The van der Waals surface area contributed by atoms with Gasteiger partial charge < -0.3 is 8.92 Å². The van der Waals surface area contributed by atoms with E-state index in [0.717, 1.165) is 35.7 Å². The minimum atomic E-state index is 0.140. The standard InChI is InChI=1S/C24H34O2S/c1-7-9-11-19-17-20(24(3,4)5)16-18(10-8-2)23(19)26-21-12-14-22(15-13-21)27-25-6/h12-17H,7-11H2,1-6H3. The average molecular weight is 387 g/mol. The molecule has 0 bridgehead atoms. The molecule has 27 heavy (non-hydrogen) atoms. The lowest BCUT2D eigenvalue weighted by molar-refractivity contribution is 0.465. The van der Waals surface area contributed by atoms with E-state index in [9.17, 15) is 0 Å². The van der Waals surface area contributed by atoms with E-state index in [2.05, 4.69) is 46.8 Å². The van der Waals surface area contributed by atoms with Gasteiger partial charge in [-0.2, -0.15) is 0 Å². The van der Waals surface area contributed by atoms with Gasteiger partial charge in [-0.25, -0.2) is 0 Å². The SMILES string of the molecule is CCCCc1cc(C(C)(C)C)cc(CCC)c1Oc1ccc(SOC)cc1. The first kappa shape index (κ1) is 21.8. The van der Waals surface area contributed by atoms with Crippen LogP contribution in [0.15, 0.2) is 41.3 Å². The van der Waals surface area contributed by atoms with Crippen molar-refractivity contribution in [3.63, 3.8) is 0 Å². The van der Waals surface area contributed by atoms with Crippen LogP contribution in [0, 0.1) is 0 Å². The zero-order valence-electron chi connectivity index (χ0n) is 17.7. The molecule has 2 aromatic carbocycles. The van der Waals surface area contributed by atoms with E-state index in [-0.39, 0.29) is 5.41 Å². The van der Waals surface area contributed by atoms with Gasteiger partial charge in [0.25, 0.3) is 0 Å². The Morgan fingerprint density at radius 3 is 2.04 bits per heavy atom. The van der Waals surface area contributed by atoms with Crippen LogP contribution >= 0.6 is 12.0 Å². The minimum Gasteiger partial charge on any atom is -0.457 e. The van der Waals surface area contributed by atoms with Crippen LogP contribution in [-0.4, -0.2) is 7.11 Å². The summed E-state index contributed by atoms with van der Waals surface area (Å²) in [6.45, 7) is 11.3. The van der Waals surface area contributed by atoms with Crippen molar-refractivity contribution in [3.05, 3.63) is 53.1 Å². The third kappa shape index (κ3) is 6.29. The molecular formula is C24H34O2S. The Morgan fingerprint density at radius 1 is 0.889 bits per heavy atom. The first-order valence-corrected chi connectivity index (χ1v) is 10.8. The zero-order chi connectivity index (χ0) is 19.9. The summed E-state index contributed by atoms with van der Waals surface area (Å²) in [5, 5.41) is 0. The molecule has 0 saturated carbocycles. The van der Waals surface area contributed by atoms with Crippen molar-refractivity contribution in [2.24, 2.45) is 0 Å². The Balaban J connectivity index is 2.43. The molecule has 3 heteroatoms. The molecule has 0 unspecified atom stereocenters. The van der Waals surface area contributed by atoms with Gasteiger partial charge in [-0.05, 0) is 65.6 Å². The number of aryl methyl sites for hydroxylation is 2. The van der Waals surface area contributed by atoms with Crippen LogP contribution in [0.25, 0.3) is 0 Å². The minimum absolute atomic E-state index is 0.140. The van der Waals surface area contributed by atoms with Gasteiger partial charge in [-0.15, -0.1) is 0 Å². The molecule has 0 aliphatic rings. The van der Waals surface area contributed by atoms with Crippen molar-refractivity contribution in [2.75, 3.05) is 7.11 Å². The Bertz CT molecular complexity index is 714. The van der Waals surface area contributed by atoms with Crippen LogP contribution in [-0.2, 0) is 22.4 Å². The van der Waals surface area contributed by atoms with Gasteiger partial charge in [-0.3, -0.25) is 0 Å². The molecule has 148 valence electrons. The van der Waals surface area contributed by atoms with E-state index in [1.165, 1.54) is 41.6 Å². The van der Waals surface area contributed by atoms with Gasteiger partial charge in [0.15, 0.2) is 0 Å². The van der Waals surface area contributed by atoms with Crippen molar-refractivity contribution < 1.29 is 8.92 Å². The fourth-order valence-electron chi connectivity index (χ4n) is 3.10. The van der Waals surface area contributed by atoms with Crippen molar-refractivity contribution in [2.45, 2.75) is 77.0 Å². The normalized spacial score (nSPS) is 11.6. The number of benzene rings is 2. The molecule has 0 aromatic heterocycles. The van der Waals surface area contributed by atoms with E-state index in [4.69, 9.17) is 8.92 Å². The van der Waals surface area contributed by atoms with E-state index in [1.807, 2.05) is 24.3 Å². The number of hydrogen-bond donors (Lipinski definition) is 0. The highest BCUT2D eigenvalue weighted by atomic mass is 32.2. The van der Waals surface area contributed by atoms with Gasteiger partial charge in [0, 0.05) is 16.9 Å². The Hall–Kier alpha value is -1.45. The highest BCUT2D eigenvalue weighted by molar-refractivity contribution is 7.94. The maximum atomic E-state index is 6.44. The molecule has 0 spiro atoms. The topological polar surface area (TPSA) is 18.5 Å². The third-order valence-corrected chi connectivity index (χ3v) is 5.28. The summed E-state index contributed by atoms with van der Waals surface area (Å²) in [4.78, 5) is 1.08. The lowest BCUT2D eigenvalue weighted by Crippen LogP contribution is -2.13. The lowest BCUT2D eigenvalue weighted by atomic mass is 9.83. The van der Waals surface area contributed by atoms with Crippen molar-refractivity contribution in [3.8, 4) is 11.5 Å². The van der Waals surface area contributed by atoms with E-state index in [0.29, 0.717) is 0 Å². The fourth-order valence-corrected chi connectivity index (χ4v) is 3.54. The van der Waals surface area contributed by atoms with E-state index < -0.39 is 0 Å². The number of rotatable bonds is 9. The molecule has 0 N–H and O–H groups in total. The molecular weight excluding hydrogens is 352 g/mol. The van der Waals surface area contributed by atoms with Crippen LogP contribution in [0.4, 0.5) is 0 Å².